The van der Waals surface area contributed by atoms with Crippen LogP contribution in [0.15, 0.2) is 77.9 Å². The van der Waals surface area contributed by atoms with Crippen LogP contribution >= 0.6 is 0 Å². The Kier molecular flexibility index (Phi) is 5.74. The number of rotatable bonds is 6. The van der Waals surface area contributed by atoms with E-state index in [9.17, 15) is 18.4 Å². The zero-order valence-electron chi connectivity index (χ0n) is 18.7. The molecule has 1 N–H and O–H groups in total. The maximum absolute atomic E-state index is 14.0. The van der Waals surface area contributed by atoms with E-state index in [1.54, 1.807) is 35.9 Å². The predicted octanol–water partition coefficient (Wildman–Crippen LogP) is 4.33. The third kappa shape index (κ3) is 4.23. The second-order valence-corrected chi connectivity index (χ2v) is 8.00. The van der Waals surface area contributed by atoms with Gasteiger partial charge in [-0.3, -0.25) is 14.2 Å². The van der Waals surface area contributed by atoms with Gasteiger partial charge in [-0.1, -0.05) is 30.3 Å². The minimum absolute atomic E-state index is 0.247. The van der Waals surface area contributed by atoms with Crippen molar-refractivity contribution in [2.75, 3.05) is 12.4 Å². The number of fused-ring (bicyclic) bond motifs is 3. The SMILES string of the molecule is COc1ccc(Cn2cnc3c4ccccc4n(CC(=O)Nc4cc(F)ccc4F)c3c2=O)cc1. The lowest BCUT2D eigenvalue weighted by Crippen LogP contribution is -2.25. The quantitative estimate of drug-likeness (QED) is 0.398. The van der Waals surface area contributed by atoms with E-state index >= 15 is 0 Å². The third-order valence-electron chi connectivity index (χ3n) is 5.75. The average molecular weight is 474 g/mol. The topological polar surface area (TPSA) is 78.2 Å². The van der Waals surface area contributed by atoms with Crippen molar-refractivity contribution in [1.29, 1.82) is 0 Å². The van der Waals surface area contributed by atoms with Crippen LogP contribution in [0.3, 0.4) is 0 Å². The summed E-state index contributed by atoms with van der Waals surface area (Å²) in [6.07, 6.45) is 1.48. The van der Waals surface area contributed by atoms with Crippen molar-refractivity contribution >= 4 is 33.5 Å². The molecule has 0 aliphatic rings. The smallest absolute Gasteiger partial charge is 0.278 e. The molecule has 0 unspecified atom stereocenters. The Balaban J connectivity index is 1.56. The number of nitrogens with one attached hydrogen (secondary N) is 1. The Hall–Kier alpha value is -4.53. The van der Waals surface area contributed by atoms with Crippen LogP contribution < -0.4 is 15.6 Å². The lowest BCUT2D eigenvalue weighted by atomic mass is 10.2. The van der Waals surface area contributed by atoms with E-state index in [1.165, 1.54) is 10.9 Å². The number of carbonyl (C=O) groups is 1. The van der Waals surface area contributed by atoms with Crippen LogP contribution in [0.2, 0.25) is 0 Å². The van der Waals surface area contributed by atoms with Gasteiger partial charge in [-0.05, 0) is 35.9 Å². The lowest BCUT2D eigenvalue weighted by Gasteiger charge is -2.11. The van der Waals surface area contributed by atoms with Crippen molar-refractivity contribution < 1.29 is 18.3 Å². The fraction of sp³-hybridized carbons (Fsp3) is 0.115. The minimum Gasteiger partial charge on any atom is -0.497 e. The molecule has 7 nitrogen and oxygen atoms in total. The molecule has 0 aliphatic heterocycles. The largest absolute Gasteiger partial charge is 0.497 e. The fourth-order valence-electron chi connectivity index (χ4n) is 4.08. The van der Waals surface area contributed by atoms with Crippen molar-refractivity contribution in [3.05, 3.63) is 101 Å². The highest BCUT2D eigenvalue weighted by atomic mass is 19.1. The molecule has 2 heterocycles. The van der Waals surface area contributed by atoms with Gasteiger partial charge in [-0.15, -0.1) is 0 Å². The summed E-state index contributed by atoms with van der Waals surface area (Å²) in [6.45, 7) is -0.0164. The Bertz CT molecular complexity index is 1620. The van der Waals surface area contributed by atoms with Gasteiger partial charge in [0.15, 0.2) is 0 Å². The number of methoxy groups -OCH3 is 1. The number of hydrogen-bond acceptors (Lipinski definition) is 4. The van der Waals surface area contributed by atoms with Gasteiger partial charge in [-0.2, -0.15) is 0 Å². The monoisotopic (exact) mass is 474 g/mol. The number of halogens is 2. The summed E-state index contributed by atoms with van der Waals surface area (Å²) in [4.78, 5) is 30.9. The molecule has 0 aliphatic carbocycles. The van der Waals surface area contributed by atoms with Crippen molar-refractivity contribution in [2.45, 2.75) is 13.1 Å². The van der Waals surface area contributed by atoms with Crippen molar-refractivity contribution in [1.82, 2.24) is 14.1 Å². The van der Waals surface area contributed by atoms with Gasteiger partial charge in [0, 0.05) is 11.5 Å². The normalized spacial score (nSPS) is 11.2. The maximum atomic E-state index is 14.0. The zero-order valence-corrected chi connectivity index (χ0v) is 18.7. The van der Waals surface area contributed by atoms with Gasteiger partial charge in [0.05, 0.1) is 31.2 Å². The summed E-state index contributed by atoms with van der Waals surface area (Å²) in [6, 6.07) is 17.3. The van der Waals surface area contributed by atoms with Gasteiger partial charge < -0.3 is 14.6 Å². The van der Waals surface area contributed by atoms with Crippen LogP contribution in [0.1, 0.15) is 5.56 Å². The molecule has 0 atom stereocenters. The standard InChI is InChI=1S/C26H20F2N4O3/c1-35-18-9-6-16(7-10-18)13-31-15-29-24-19-4-2-3-5-22(19)32(25(24)26(31)34)14-23(33)30-21-12-17(27)8-11-20(21)28/h2-12,15H,13-14H2,1H3,(H,30,33). The first-order valence-electron chi connectivity index (χ1n) is 10.8. The maximum Gasteiger partial charge on any atom is 0.278 e. The molecule has 35 heavy (non-hydrogen) atoms. The first-order chi connectivity index (χ1) is 16.9. The van der Waals surface area contributed by atoms with Crippen LogP contribution in [-0.2, 0) is 17.9 Å². The Morgan fingerprint density at radius 1 is 1.06 bits per heavy atom. The van der Waals surface area contributed by atoms with Crippen LogP contribution in [0.5, 0.6) is 5.75 Å². The van der Waals surface area contributed by atoms with Gasteiger partial charge >= 0.3 is 0 Å². The Labute approximate surface area is 198 Å². The molecule has 1 amide bonds. The van der Waals surface area contributed by atoms with E-state index in [2.05, 4.69) is 10.3 Å². The van der Waals surface area contributed by atoms with Gasteiger partial charge in [0.2, 0.25) is 5.91 Å². The molecule has 176 valence electrons. The summed E-state index contributed by atoms with van der Waals surface area (Å²) in [5.41, 5.74) is 1.61. The van der Waals surface area contributed by atoms with Gasteiger partial charge in [0.1, 0.15) is 35.0 Å². The molecule has 0 bridgehead atoms. The van der Waals surface area contributed by atoms with Gasteiger partial charge in [-0.25, -0.2) is 13.8 Å². The summed E-state index contributed by atoms with van der Waals surface area (Å²) in [7, 11) is 1.58. The molecule has 5 aromatic rings. The number of benzene rings is 3. The van der Waals surface area contributed by atoms with E-state index in [4.69, 9.17) is 4.74 Å². The minimum atomic E-state index is -0.759. The second kappa shape index (κ2) is 9.02. The Morgan fingerprint density at radius 2 is 1.83 bits per heavy atom. The van der Waals surface area contributed by atoms with Crippen LogP contribution in [0.25, 0.3) is 21.9 Å². The Morgan fingerprint density at radius 3 is 2.60 bits per heavy atom. The number of ether oxygens (including phenoxy) is 1. The molecule has 5 rings (SSSR count). The van der Waals surface area contributed by atoms with E-state index in [1.807, 2.05) is 24.3 Å². The second-order valence-electron chi connectivity index (χ2n) is 8.00. The molecule has 0 saturated heterocycles. The highest BCUT2D eigenvalue weighted by Gasteiger charge is 2.19. The van der Waals surface area contributed by atoms with E-state index in [0.29, 0.717) is 22.2 Å². The molecule has 0 fully saturated rings. The lowest BCUT2D eigenvalue weighted by molar-refractivity contribution is -0.116. The molecule has 0 spiro atoms. The first kappa shape index (κ1) is 22.3. The molecular formula is C26H20F2N4O3. The van der Waals surface area contributed by atoms with Crippen molar-refractivity contribution in [3.63, 3.8) is 0 Å². The summed E-state index contributed by atoms with van der Waals surface area (Å²) in [5.74, 6) is -1.34. The zero-order chi connectivity index (χ0) is 24.5. The molecule has 9 heteroatoms. The summed E-state index contributed by atoms with van der Waals surface area (Å²) >= 11 is 0. The number of carbonyl (C=O) groups excluding carboxylic acids is 1. The first-order valence-corrected chi connectivity index (χ1v) is 10.8. The molecule has 2 aromatic heterocycles. The number of aromatic nitrogens is 3. The molecule has 3 aromatic carbocycles. The van der Waals surface area contributed by atoms with E-state index in [-0.39, 0.29) is 29.9 Å². The van der Waals surface area contributed by atoms with Crippen molar-refractivity contribution in [2.24, 2.45) is 0 Å². The number of nitrogens with zero attached hydrogens (tertiary/aromatic N) is 3. The number of anilines is 1. The highest BCUT2D eigenvalue weighted by Crippen LogP contribution is 2.25. The number of amides is 1. The van der Waals surface area contributed by atoms with Crippen LogP contribution in [0.4, 0.5) is 14.5 Å². The summed E-state index contributed by atoms with van der Waals surface area (Å²) in [5, 5.41) is 3.10. The van der Waals surface area contributed by atoms with Gasteiger partial charge in [0.25, 0.3) is 5.56 Å². The predicted molar refractivity (Wildman–Crippen MR) is 129 cm³/mol. The fourth-order valence-corrected chi connectivity index (χ4v) is 4.08. The van der Waals surface area contributed by atoms with E-state index < -0.39 is 17.5 Å². The highest BCUT2D eigenvalue weighted by molar-refractivity contribution is 6.06. The molecule has 0 saturated carbocycles. The number of hydrogen-bond donors (Lipinski definition) is 1. The van der Waals surface area contributed by atoms with Crippen LogP contribution in [0, 0.1) is 11.6 Å². The third-order valence-corrected chi connectivity index (χ3v) is 5.75. The van der Waals surface area contributed by atoms with E-state index in [0.717, 1.165) is 23.8 Å². The molecular weight excluding hydrogens is 454 g/mol. The summed E-state index contributed by atoms with van der Waals surface area (Å²) < 4.78 is 35.7. The molecule has 0 radical (unpaired) electrons. The number of para-hydroxylation sites is 1. The average Bonchev–Trinajstić information content (AvgIpc) is 3.17. The van der Waals surface area contributed by atoms with Crippen LogP contribution in [-0.4, -0.2) is 27.1 Å². The van der Waals surface area contributed by atoms with Crippen molar-refractivity contribution in [3.8, 4) is 5.75 Å².